The molecule has 0 amide bonds. The van der Waals surface area contributed by atoms with Gasteiger partial charge in [0.2, 0.25) is 0 Å². The summed E-state index contributed by atoms with van der Waals surface area (Å²) in [6.07, 6.45) is 25.7. The van der Waals surface area contributed by atoms with Crippen LogP contribution in [0.25, 0.3) is 0 Å². The van der Waals surface area contributed by atoms with E-state index in [0.29, 0.717) is 0 Å². The standard InChI is InChI=1S/C22H45/c1-4-6-8-10-12-13-15-17-19-21-22(3)20-18-16-14-11-9-7-5-2/h22H,2,4-21H2,1,3H3. The minimum Gasteiger partial charge on any atom is -0.0654 e. The van der Waals surface area contributed by atoms with E-state index in [0.717, 1.165) is 12.3 Å². The first kappa shape index (κ1) is 22.0. The Labute approximate surface area is 142 Å². The minimum atomic E-state index is 0.962. The van der Waals surface area contributed by atoms with Crippen LogP contribution in [0.3, 0.4) is 0 Å². The van der Waals surface area contributed by atoms with Gasteiger partial charge in [0, 0.05) is 0 Å². The normalized spacial score (nSPS) is 12.7. The van der Waals surface area contributed by atoms with E-state index in [1.807, 2.05) is 0 Å². The van der Waals surface area contributed by atoms with Crippen LogP contribution in [0.4, 0.5) is 0 Å². The zero-order valence-corrected chi connectivity index (χ0v) is 16.0. The second kappa shape index (κ2) is 19.0. The van der Waals surface area contributed by atoms with Crippen LogP contribution in [-0.4, -0.2) is 0 Å². The van der Waals surface area contributed by atoms with Crippen molar-refractivity contribution in [1.29, 1.82) is 0 Å². The van der Waals surface area contributed by atoms with Crippen molar-refractivity contribution in [2.45, 2.75) is 129 Å². The average Bonchev–Trinajstić information content (AvgIpc) is 2.52. The monoisotopic (exact) mass is 309 g/mol. The van der Waals surface area contributed by atoms with E-state index >= 15 is 0 Å². The van der Waals surface area contributed by atoms with E-state index in [-0.39, 0.29) is 0 Å². The molecule has 133 valence electrons. The molecule has 0 heterocycles. The predicted molar refractivity (Wildman–Crippen MR) is 103 cm³/mol. The lowest BCUT2D eigenvalue weighted by Gasteiger charge is -2.11. The summed E-state index contributed by atoms with van der Waals surface area (Å²) in [5.74, 6) is 0.962. The second-order valence-corrected chi connectivity index (χ2v) is 7.49. The largest absolute Gasteiger partial charge is 0.0654 e. The van der Waals surface area contributed by atoms with Crippen molar-refractivity contribution in [3.05, 3.63) is 6.92 Å². The Morgan fingerprint density at radius 3 is 1.32 bits per heavy atom. The van der Waals surface area contributed by atoms with Crippen LogP contribution >= 0.6 is 0 Å². The lowest BCUT2D eigenvalue weighted by Crippen LogP contribution is -1.95. The Balaban J connectivity index is 3.11. The maximum Gasteiger partial charge on any atom is -0.0443 e. The summed E-state index contributed by atoms with van der Waals surface area (Å²) in [6.45, 7) is 8.67. The molecule has 0 aliphatic carbocycles. The van der Waals surface area contributed by atoms with Crippen LogP contribution in [0.1, 0.15) is 129 Å². The van der Waals surface area contributed by atoms with Crippen molar-refractivity contribution in [1.82, 2.24) is 0 Å². The Morgan fingerprint density at radius 1 is 0.545 bits per heavy atom. The van der Waals surface area contributed by atoms with Crippen molar-refractivity contribution in [2.24, 2.45) is 5.92 Å². The lowest BCUT2D eigenvalue weighted by atomic mass is 9.96. The zero-order valence-electron chi connectivity index (χ0n) is 16.0. The summed E-state index contributed by atoms with van der Waals surface area (Å²) in [6, 6.07) is 0. The smallest absolute Gasteiger partial charge is 0.0443 e. The van der Waals surface area contributed by atoms with Gasteiger partial charge in [-0.05, 0) is 5.92 Å². The maximum atomic E-state index is 3.91. The molecule has 0 aromatic carbocycles. The number of unbranched alkanes of at least 4 members (excludes halogenated alkanes) is 14. The third kappa shape index (κ3) is 18.1. The molecule has 0 aliphatic heterocycles. The topological polar surface area (TPSA) is 0 Å². The Morgan fingerprint density at radius 2 is 0.909 bits per heavy atom. The van der Waals surface area contributed by atoms with Gasteiger partial charge in [-0.15, -0.1) is 0 Å². The van der Waals surface area contributed by atoms with E-state index in [9.17, 15) is 0 Å². The van der Waals surface area contributed by atoms with Crippen LogP contribution in [-0.2, 0) is 0 Å². The first-order valence-corrected chi connectivity index (χ1v) is 10.6. The molecule has 0 rings (SSSR count). The van der Waals surface area contributed by atoms with Crippen LogP contribution in [0.15, 0.2) is 0 Å². The molecular weight excluding hydrogens is 264 g/mol. The van der Waals surface area contributed by atoms with Crippen LogP contribution in [0.2, 0.25) is 0 Å². The van der Waals surface area contributed by atoms with Gasteiger partial charge in [-0.2, -0.15) is 0 Å². The van der Waals surface area contributed by atoms with E-state index in [4.69, 9.17) is 0 Å². The highest BCUT2D eigenvalue weighted by atomic mass is 14.1. The van der Waals surface area contributed by atoms with E-state index in [2.05, 4.69) is 20.8 Å². The van der Waals surface area contributed by atoms with Gasteiger partial charge in [-0.25, -0.2) is 0 Å². The van der Waals surface area contributed by atoms with Gasteiger partial charge in [0.05, 0.1) is 0 Å². The molecule has 22 heavy (non-hydrogen) atoms. The molecule has 1 unspecified atom stereocenters. The average molecular weight is 310 g/mol. The van der Waals surface area contributed by atoms with E-state index in [1.165, 1.54) is 109 Å². The van der Waals surface area contributed by atoms with Crippen LogP contribution < -0.4 is 0 Å². The Hall–Kier alpha value is 0. The molecule has 0 nitrogen and oxygen atoms in total. The second-order valence-electron chi connectivity index (χ2n) is 7.49. The van der Waals surface area contributed by atoms with Crippen molar-refractivity contribution >= 4 is 0 Å². The Bertz CT molecular complexity index is 184. The summed E-state index contributed by atoms with van der Waals surface area (Å²) in [7, 11) is 0. The van der Waals surface area contributed by atoms with Crippen molar-refractivity contribution in [3.63, 3.8) is 0 Å². The fraction of sp³-hybridized carbons (Fsp3) is 0.955. The molecule has 0 aliphatic rings. The van der Waals surface area contributed by atoms with Gasteiger partial charge in [0.25, 0.3) is 0 Å². The number of hydrogen-bond donors (Lipinski definition) is 0. The first-order valence-electron chi connectivity index (χ1n) is 10.6. The number of hydrogen-bond acceptors (Lipinski definition) is 0. The fourth-order valence-electron chi connectivity index (χ4n) is 3.32. The summed E-state index contributed by atoms with van der Waals surface area (Å²) in [4.78, 5) is 0. The van der Waals surface area contributed by atoms with Gasteiger partial charge in [0.15, 0.2) is 0 Å². The van der Waals surface area contributed by atoms with E-state index < -0.39 is 0 Å². The van der Waals surface area contributed by atoms with Gasteiger partial charge in [-0.3, -0.25) is 0 Å². The molecule has 1 radical (unpaired) electrons. The molecule has 0 fully saturated rings. The first-order chi connectivity index (χ1) is 10.8. The van der Waals surface area contributed by atoms with Crippen LogP contribution in [0.5, 0.6) is 0 Å². The highest BCUT2D eigenvalue weighted by Crippen LogP contribution is 2.18. The quantitative estimate of drug-likeness (QED) is 0.223. The number of rotatable bonds is 18. The maximum absolute atomic E-state index is 3.91. The minimum absolute atomic E-state index is 0.962. The zero-order chi connectivity index (χ0) is 16.3. The Kier molecular flexibility index (Phi) is 19.0. The summed E-state index contributed by atoms with van der Waals surface area (Å²) in [5, 5.41) is 0. The molecule has 1 atom stereocenters. The fourth-order valence-corrected chi connectivity index (χ4v) is 3.32. The van der Waals surface area contributed by atoms with Crippen molar-refractivity contribution < 1.29 is 0 Å². The summed E-state index contributed by atoms with van der Waals surface area (Å²) in [5.41, 5.74) is 0. The van der Waals surface area contributed by atoms with E-state index in [1.54, 1.807) is 0 Å². The van der Waals surface area contributed by atoms with Crippen molar-refractivity contribution in [3.8, 4) is 0 Å². The van der Waals surface area contributed by atoms with Gasteiger partial charge >= 0.3 is 0 Å². The summed E-state index contributed by atoms with van der Waals surface area (Å²) >= 11 is 0. The van der Waals surface area contributed by atoms with Gasteiger partial charge in [0.1, 0.15) is 0 Å². The predicted octanol–water partition coefficient (Wildman–Crippen LogP) is 8.50. The van der Waals surface area contributed by atoms with Crippen molar-refractivity contribution in [2.75, 3.05) is 0 Å². The van der Waals surface area contributed by atoms with Gasteiger partial charge < -0.3 is 0 Å². The highest BCUT2D eigenvalue weighted by Gasteiger charge is 2.02. The molecule has 0 saturated carbocycles. The molecular formula is C22H45. The SMILES string of the molecule is [CH2]CCCCCCCCC(C)CCCCCCCCCCC. The molecule has 0 heteroatoms. The molecule has 0 aromatic rings. The third-order valence-electron chi connectivity index (χ3n) is 5.00. The molecule has 0 saturated heterocycles. The molecule has 0 bridgehead atoms. The van der Waals surface area contributed by atoms with Crippen LogP contribution in [0, 0.1) is 12.8 Å². The lowest BCUT2D eigenvalue weighted by molar-refractivity contribution is 0.430. The molecule has 0 aromatic heterocycles. The third-order valence-corrected chi connectivity index (χ3v) is 5.00. The highest BCUT2D eigenvalue weighted by molar-refractivity contribution is 4.56. The molecule has 0 spiro atoms. The molecule has 0 N–H and O–H groups in total. The summed E-state index contributed by atoms with van der Waals surface area (Å²) < 4.78 is 0. The van der Waals surface area contributed by atoms with Gasteiger partial charge in [-0.1, -0.05) is 136 Å².